The first kappa shape index (κ1) is 23.8. The van der Waals surface area contributed by atoms with Gasteiger partial charge in [0.1, 0.15) is 18.0 Å². The summed E-state index contributed by atoms with van der Waals surface area (Å²) in [5.74, 6) is 0.540. The molecule has 3 aromatic carbocycles. The zero-order valence-corrected chi connectivity index (χ0v) is 19.7. The van der Waals surface area contributed by atoms with Crippen LogP contribution < -0.4 is 20.7 Å². The Kier molecular flexibility index (Phi) is 7.16. The second-order valence-corrected chi connectivity index (χ2v) is 9.07. The van der Waals surface area contributed by atoms with Crippen molar-refractivity contribution in [3.63, 3.8) is 0 Å². The summed E-state index contributed by atoms with van der Waals surface area (Å²) in [6, 6.07) is 24.1. The number of hydrogen-bond donors (Lipinski definition) is 4. The highest BCUT2D eigenvalue weighted by molar-refractivity contribution is 5.99. The summed E-state index contributed by atoms with van der Waals surface area (Å²) in [4.78, 5) is 25.1. The van der Waals surface area contributed by atoms with Crippen molar-refractivity contribution in [2.45, 2.75) is 43.6 Å². The lowest BCUT2D eigenvalue weighted by atomic mass is 9.84. The van der Waals surface area contributed by atoms with Crippen LogP contribution in [-0.2, 0) is 16.1 Å². The monoisotopic (exact) mass is 487 g/mol. The summed E-state index contributed by atoms with van der Waals surface area (Å²) in [7, 11) is 0. The average molecular weight is 488 g/mol. The number of carbonyl (C=O) groups excluding carboxylic acids is 2. The Morgan fingerprint density at radius 3 is 2.39 bits per heavy atom. The number of nitrogens with one attached hydrogen (secondary N) is 3. The van der Waals surface area contributed by atoms with E-state index in [0.717, 1.165) is 11.1 Å². The Morgan fingerprint density at radius 2 is 1.64 bits per heavy atom. The van der Waals surface area contributed by atoms with Crippen molar-refractivity contribution in [1.29, 1.82) is 0 Å². The summed E-state index contributed by atoms with van der Waals surface area (Å²) in [5.41, 5.74) is 3.30. The molecule has 2 aliphatic rings. The van der Waals surface area contributed by atoms with Gasteiger partial charge in [0.25, 0.3) is 0 Å². The Hall–Kier alpha value is -3.88. The predicted molar refractivity (Wildman–Crippen MR) is 136 cm³/mol. The van der Waals surface area contributed by atoms with Crippen LogP contribution in [0.4, 0.5) is 16.2 Å². The predicted octanol–water partition coefficient (Wildman–Crippen LogP) is 4.03. The number of fused-ring (bicyclic) bond motifs is 3. The molecule has 5 rings (SSSR count). The van der Waals surface area contributed by atoms with E-state index in [2.05, 4.69) is 16.0 Å². The number of aliphatic hydroxyl groups is 1. The second kappa shape index (κ2) is 10.8. The fraction of sp³-hybridized carbons (Fsp3) is 0.286. The molecule has 0 spiro atoms. The molecule has 0 bridgehead atoms. The molecule has 2 heterocycles. The van der Waals surface area contributed by atoms with Crippen molar-refractivity contribution >= 4 is 23.3 Å². The van der Waals surface area contributed by atoms with Crippen LogP contribution in [0.5, 0.6) is 5.75 Å². The number of aliphatic hydroxyl groups excluding tert-OH is 1. The van der Waals surface area contributed by atoms with Gasteiger partial charge in [-0.3, -0.25) is 4.79 Å². The molecule has 3 amide bonds. The van der Waals surface area contributed by atoms with Crippen molar-refractivity contribution in [2.24, 2.45) is 0 Å². The summed E-state index contributed by atoms with van der Waals surface area (Å²) in [6.07, 6.45) is -0.471. The van der Waals surface area contributed by atoms with Crippen molar-refractivity contribution < 1.29 is 24.2 Å². The highest BCUT2D eigenvalue weighted by Gasteiger charge is 2.46. The molecule has 0 aliphatic carbocycles. The first-order valence-electron chi connectivity index (χ1n) is 12.1. The average Bonchev–Trinajstić information content (AvgIpc) is 3.26. The molecule has 8 heteroatoms. The summed E-state index contributed by atoms with van der Waals surface area (Å²) < 4.78 is 12.2. The van der Waals surface area contributed by atoms with E-state index in [1.807, 2.05) is 72.8 Å². The summed E-state index contributed by atoms with van der Waals surface area (Å²) in [5, 5.41) is 18.6. The van der Waals surface area contributed by atoms with Gasteiger partial charge in [-0.25, -0.2) is 4.79 Å². The fourth-order valence-electron chi connectivity index (χ4n) is 4.86. The summed E-state index contributed by atoms with van der Waals surface area (Å²) in [6.45, 7) is 0.246. The van der Waals surface area contributed by atoms with Gasteiger partial charge in [0.15, 0.2) is 0 Å². The zero-order chi connectivity index (χ0) is 24.9. The minimum atomic E-state index is -0.541. The van der Waals surface area contributed by atoms with Crippen LogP contribution >= 0.6 is 0 Å². The van der Waals surface area contributed by atoms with Gasteiger partial charge < -0.3 is 30.5 Å². The van der Waals surface area contributed by atoms with Gasteiger partial charge in [-0.2, -0.15) is 0 Å². The third-order valence-electron chi connectivity index (χ3n) is 6.53. The molecule has 0 radical (unpaired) electrons. The number of rotatable bonds is 7. The Balaban J connectivity index is 1.24. The van der Waals surface area contributed by atoms with E-state index in [1.54, 1.807) is 6.07 Å². The van der Waals surface area contributed by atoms with Crippen molar-refractivity contribution in [3.8, 4) is 5.75 Å². The number of anilines is 2. The third-order valence-corrected chi connectivity index (χ3v) is 6.53. The van der Waals surface area contributed by atoms with Gasteiger partial charge >= 0.3 is 6.03 Å². The molecule has 2 aliphatic heterocycles. The number of hydrogen-bond acceptors (Lipinski definition) is 5. The van der Waals surface area contributed by atoms with Gasteiger partial charge in [0, 0.05) is 29.4 Å². The Bertz CT molecular complexity index is 1200. The number of para-hydroxylation sites is 1. The van der Waals surface area contributed by atoms with Crippen molar-refractivity contribution in [1.82, 2.24) is 5.32 Å². The molecule has 8 nitrogen and oxygen atoms in total. The lowest BCUT2D eigenvalue weighted by Crippen LogP contribution is -2.47. The molecule has 186 valence electrons. The summed E-state index contributed by atoms with van der Waals surface area (Å²) >= 11 is 0. The minimum absolute atomic E-state index is 0.0586. The minimum Gasteiger partial charge on any atom is -0.487 e. The molecule has 1 fully saturated rings. The van der Waals surface area contributed by atoms with E-state index >= 15 is 0 Å². The van der Waals surface area contributed by atoms with Gasteiger partial charge in [-0.05, 0) is 42.3 Å². The SMILES string of the molecule is O=C(C[C@@H]1C[C@H]2c3cc(NC(=O)Nc4ccccc4)ccc3O[C@H]2[C@H](CO)O1)NCc1ccccc1. The molecule has 1 saturated heterocycles. The molecule has 4 atom stereocenters. The second-order valence-electron chi connectivity index (χ2n) is 9.07. The number of carbonyl (C=O) groups is 2. The van der Waals surface area contributed by atoms with Crippen molar-refractivity contribution in [3.05, 3.63) is 90.0 Å². The molecule has 0 unspecified atom stereocenters. The van der Waals surface area contributed by atoms with Crippen LogP contribution in [0.2, 0.25) is 0 Å². The number of urea groups is 1. The van der Waals surface area contributed by atoms with E-state index in [0.29, 0.717) is 30.1 Å². The number of amides is 3. The topological polar surface area (TPSA) is 109 Å². The Morgan fingerprint density at radius 1 is 0.917 bits per heavy atom. The number of ether oxygens (including phenoxy) is 2. The molecule has 0 aromatic heterocycles. The van der Waals surface area contributed by atoms with Gasteiger partial charge in [0.05, 0.1) is 19.1 Å². The van der Waals surface area contributed by atoms with E-state index in [-0.39, 0.29) is 43.1 Å². The Labute approximate surface area is 209 Å². The highest BCUT2D eigenvalue weighted by Crippen LogP contribution is 2.47. The smallest absolute Gasteiger partial charge is 0.323 e. The quantitative estimate of drug-likeness (QED) is 0.402. The van der Waals surface area contributed by atoms with E-state index in [9.17, 15) is 14.7 Å². The molecule has 0 saturated carbocycles. The van der Waals surface area contributed by atoms with E-state index < -0.39 is 6.10 Å². The fourth-order valence-corrected chi connectivity index (χ4v) is 4.86. The van der Waals surface area contributed by atoms with Crippen LogP contribution in [0, 0.1) is 0 Å². The molecular formula is C28H29N3O5. The third kappa shape index (κ3) is 5.50. The maximum Gasteiger partial charge on any atom is 0.323 e. The standard InChI is InChI=1S/C28H29N3O5/c32-17-25-27-23(14-21(35-25)15-26(33)29-16-18-7-3-1-4-8-18)22-13-20(11-12-24(22)36-27)31-28(34)30-19-9-5-2-6-10-19/h1-13,21,23,25,27,32H,14-17H2,(H,29,33)(H2,30,31,34)/t21-,23-,25-,27+/m0/s1. The van der Waals surface area contributed by atoms with Crippen LogP contribution in [0.15, 0.2) is 78.9 Å². The molecule has 3 aromatic rings. The maximum absolute atomic E-state index is 12.6. The van der Waals surface area contributed by atoms with Gasteiger partial charge in [0.2, 0.25) is 5.91 Å². The zero-order valence-electron chi connectivity index (χ0n) is 19.7. The highest BCUT2D eigenvalue weighted by atomic mass is 16.6. The first-order valence-corrected chi connectivity index (χ1v) is 12.1. The van der Waals surface area contributed by atoms with Crippen LogP contribution in [0.1, 0.15) is 29.9 Å². The normalized spacial score (nSPS) is 22.0. The van der Waals surface area contributed by atoms with Crippen LogP contribution in [0.25, 0.3) is 0 Å². The van der Waals surface area contributed by atoms with E-state index in [1.165, 1.54) is 0 Å². The van der Waals surface area contributed by atoms with Crippen LogP contribution in [-0.4, -0.2) is 42.0 Å². The number of benzene rings is 3. The maximum atomic E-state index is 12.6. The first-order chi connectivity index (χ1) is 17.6. The van der Waals surface area contributed by atoms with Gasteiger partial charge in [-0.1, -0.05) is 48.5 Å². The van der Waals surface area contributed by atoms with E-state index in [4.69, 9.17) is 9.47 Å². The van der Waals surface area contributed by atoms with Crippen molar-refractivity contribution in [2.75, 3.05) is 17.2 Å². The van der Waals surface area contributed by atoms with Gasteiger partial charge in [-0.15, -0.1) is 0 Å². The molecule has 4 N–H and O–H groups in total. The molecule has 36 heavy (non-hydrogen) atoms. The van der Waals surface area contributed by atoms with Crippen LogP contribution in [0.3, 0.4) is 0 Å². The molecular weight excluding hydrogens is 458 g/mol. The largest absolute Gasteiger partial charge is 0.487 e. The lowest BCUT2D eigenvalue weighted by molar-refractivity contribution is -0.142. The lowest BCUT2D eigenvalue weighted by Gasteiger charge is -2.37.